The van der Waals surface area contributed by atoms with E-state index < -0.39 is 11.8 Å². The molecule has 0 unspecified atom stereocenters. The van der Waals surface area contributed by atoms with Crippen molar-refractivity contribution in [3.63, 3.8) is 0 Å². The summed E-state index contributed by atoms with van der Waals surface area (Å²) in [5.41, 5.74) is 2.38. The first kappa shape index (κ1) is 12.3. The predicted molar refractivity (Wildman–Crippen MR) is 71.1 cm³/mol. The van der Waals surface area contributed by atoms with Crippen LogP contribution in [0.2, 0.25) is 0 Å². The molecule has 0 amide bonds. The van der Waals surface area contributed by atoms with Gasteiger partial charge in [0.25, 0.3) is 0 Å². The molecule has 1 aromatic carbocycles. The normalized spacial score (nSPS) is 10.9. The summed E-state index contributed by atoms with van der Waals surface area (Å²) >= 11 is 0. The highest BCUT2D eigenvalue weighted by molar-refractivity contribution is 5.93. The number of fused-ring (bicyclic) bond motifs is 1. The van der Waals surface area contributed by atoms with Crippen LogP contribution in [0.3, 0.4) is 0 Å². The first-order chi connectivity index (χ1) is 9.56. The lowest BCUT2D eigenvalue weighted by molar-refractivity contribution is 0.0697. The second-order valence-corrected chi connectivity index (χ2v) is 4.45. The van der Waals surface area contributed by atoms with Gasteiger partial charge in [0.05, 0.1) is 16.6 Å². The second-order valence-electron chi connectivity index (χ2n) is 4.45. The van der Waals surface area contributed by atoms with E-state index in [1.54, 1.807) is 25.1 Å². The first-order valence-electron chi connectivity index (χ1n) is 5.94. The van der Waals surface area contributed by atoms with Crippen LogP contribution in [0, 0.1) is 12.7 Å². The number of hydrogen-bond donors (Lipinski definition) is 1. The molecule has 2 aromatic heterocycles. The summed E-state index contributed by atoms with van der Waals surface area (Å²) in [5.74, 6) is -1.49. The minimum atomic E-state index is -1.01. The molecule has 0 bridgehead atoms. The molecule has 0 atom stereocenters. The lowest BCUT2D eigenvalue weighted by Gasteiger charge is -2.05. The van der Waals surface area contributed by atoms with Gasteiger partial charge in [-0.15, -0.1) is 0 Å². The molecule has 0 aliphatic carbocycles. The quantitative estimate of drug-likeness (QED) is 0.772. The van der Waals surface area contributed by atoms with Crippen LogP contribution in [0.4, 0.5) is 4.39 Å². The molecule has 0 saturated carbocycles. The van der Waals surface area contributed by atoms with Gasteiger partial charge < -0.3 is 9.52 Å². The topological polar surface area (TPSA) is 63.3 Å². The number of rotatable bonds is 2. The summed E-state index contributed by atoms with van der Waals surface area (Å²) in [4.78, 5) is 15.2. The van der Waals surface area contributed by atoms with Crippen LogP contribution < -0.4 is 0 Å². The molecule has 0 aliphatic rings. The molecule has 0 spiro atoms. The molecule has 20 heavy (non-hydrogen) atoms. The van der Waals surface area contributed by atoms with E-state index in [2.05, 4.69) is 4.98 Å². The Labute approximate surface area is 113 Å². The Hall–Kier alpha value is -2.69. The van der Waals surface area contributed by atoms with Gasteiger partial charge in [-0.25, -0.2) is 9.18 Å². The molecule has 3 aromatic rings. The van der Waals surface area contributed by atoms with Crippen LogP contribution >= 0.6 is 0 Å². The third-order valence-corrected chi connectivity index (χ3v) is 3.04. The number of pyridine rings is 1. The smallest absolute Gasteiger partial charge is 0.335 e. The molecule has 1 N–H and O–H groups in total. The zero-order valence-electron chi connectivity index (χ0n) is 10.6. The van der Waals surface area contributed by atoms with Crippen LogP contribution in [-0.2, 0) is 0 Å². The van der Waals surface area contributed by atoms with Crippen molar-refractivity contribution in [2.24, 2.45) is 0 Å². The lowest BCUT2D eigenvalue weighted by atomic mass is 10.1. The Balaban J connectivity index is 2.23. The highest BCUT2D eigenvalue weighted by Gasteiger charge is 2.15. The van der Waals surface area contributed by atoms with Crippen molar-refractivity contribution in [1.29, 1.82) is 0 Å². The largest absolute Gasteiger partial charge is 0.478 e. The zero-order chi connectivity index (χ0) is 14.3. The summed E-state index contributed by atoms with van der Waals surface area (Å²) in [6, 6.07) is 7.80. The number of hydrogen-bond acceptors (Lipinski definition) is 3. The average molecular weight is 271 g/mol. The Morgan fingerprint density at radius 3 is 2.65 bits per heavy atom. The molecule has 0 saturated heterocycles. The van der Waals surface area contributed by atoms with Crippen molar-refractivity contribution in [1.82, 2.24) is 4.98 Å². The molecule has 2 heterocycles. The standard InChI is InChI=1S/C15H10FNO3/c1-8-6-12-13(11(16)7-20-12)14(17-8)9-2-4-10(5-3-9)15(18)19/h2-7H,1H3,(H,18,19). The van der Waals surface area contributed by atoms with Crippen molar-refractivity contribution in [2.75, 3.05) is 0 Å². The minimum absolute atomic E-state index is 0.172. The Kier molecular flexibility index (Phi) is 2.75. The van der Waals surface area contributed by atoms with E-state index in [-0.39, 0.29) is 5.56 Å². The molecule has 3 rings (SSSR count). The molecule has 5 heteroatoms. The predicted octanol–water partition coefficient (Wildman–Crippen LogP) is 3.64. The van der Waals surface area contributed by atoms with Crippen molar-refractivity contribution in [2.45, 2.75) is 6.92 Å². The van der Waals surface area contributed by atoms with E-state index in [4.69, 9.17) is 9.52 Å². The molecular formula is C15H10FNO3. The van der Waals surface area contributed by atoms with E-state index in [1.807, 2.05) is 0 Å². The summed E-state index contributed by atoms with van der Waals surface area (Å²) < 4.78 is 18.9. The average Bonchev–Trinajstić information content (AvgIpc) is 2.79. The summed E-state index contributed by atoms with van der Waals surface area (Å²) in [6.45, 7) is 1.79. The van der Waals surface area contributed by atoms with Crippen LogP contribution in [0.5, 0.6) is 0 Å². The van der Waals surface area contributed by atoms with Gasteiger partial charge >= 0.3 is 5.97 Å². The van der Waals surface area contributed by atoms with Gasteiger partial charge in [-0.2, -0.15) is 0 Å². The highest BCUT2D eigenvalue weighted by Crippen LogP contribution is 2.30. The number of carbonyl (C=O) groups is 1. The van der Waals surface area contributed by atoms with Crippen LogP contribution in [0.15, 0.2) is 41.0 Å². The first-order valence-corrected chi connectivity index (χ1v) is 5.94. The molecular weight excluding hydrogens is 261 g/mol. The van der Waals surface area contributed by atoms with E-state index in [0.717, 1.165) is 6.26 Å². The number of carboxylic acids is 1. The van der Waals surface area contributed by atoms with Crippen molar-refractivity contribution < 1.29 is 18.7 Å². The van der Waals surface area contributed by atoms with Gasteiger partial charge in [0, 0.05) is 17.3 Å². The van der Waals surface area contributed by atoms with E-state index in [0.29, 0.717) is 27.9 Å². The van der Waals surface area contributed by atoms with E-state index in [1.165, 1.54) is 12.1 Å². The van der Waals surface area contributed by atoms with E-state index >= 15 is 0 Å². The number of furan rings is 1. The monoisotopic (exact) mass is 271 g/mol. The molecule has 4 nitrogen and oxygen atoms in total. The summed E-state index contributed by atoms with van der Waals surface area (Å²) in [7, 11) is 0. The van der Waals surface area contributed by atoms with Crippen LogP contribution in [0.25, 0.3) is 22.2 Å². The highest BCUT2D eigenvalue weighted by atomic mass is 19.1. The Morgan fingerprint density at radius 2 is 2.00 bits per heavy atom. The van der Waals surface area contributed by atoms with Gasteiger partial charge in [-0.05, 0) is 19.1 Å². The number of aromatic carboxylic acids is 1. The van der Waals surface area contributed by atoms with Gasteiger partial charge in [0.15, 0.2) is 5.82 Å². The fourth-order valence-electron chi connectivity index (χ4n) is 2.12. The Morgan fingerprint density at radius 1 is 1.30 bits per heavy atom. The summed E-state index contributed by atoms with van der Waals surface area (Å²) in [5, 5.41) is 9.19. The maximum atomic E-state index is 13.8. The molecule has 100 valence electrons. The number of nitrogens with zero attached hydrogens (tertiary/aromatic N) is 1. The lowest BCUT2D eigenvalue weighted by Crippen LogP contribution is -1.96. The minimum Gasteiger partial charge on any atom is -0.478 e. The SMILES string of the molecule is Cc1cc2occ(F)c2c(-c2ccc(C(=O)O)cc2)n1. The van der Waals surface area contributed by atoms with Gasteiger partial charge in [0.1, 0.15) is 11.8 Å². The van der Waals surface area contributed by atoms with Crippen LogP contribution in [-0.4, -0.2) is 16.1 Å². The van der Waals surface area contributed by atoms with Gasteiger partial charge in [0.2, 0.25) is 0 Å². The van der Waals surface area contributed by atoms with Crippen LogP contribution in [0.1, 0.15) is 16.1 Å². The zero-order valence-corrected chi connectivity index (χ0v) is 10.6. The number of halogens is 1. The Bertz CT molecular complexity index is 806. The number of aryl methyl sites for hydroxylation is 1. The third-order valence-electron chi connectivity index (χ3n) is 3.04. The third kappa shape index (κ3) is 1.93. The summed E-state index contributed by atoms with van der Waals surface area (Å²) in [6.07, 6.45) is 1.04. The van der Waals surface area contributed by atoms with Gasteiger partial charge in [-0.3, -0.25) is 4.98 Å². The maximum Gasteiger partial charge on any atom is 0.335 e. The molecule has 0 fully saturated rings. The number of aromatic nitrogens is 1. The fourth-order valence-corrected chi connectivity index (χ4v) is 2.12. The number of benzene rings is 1. The second kappa shape index (κ2) is 4.45. The fraction of sp³-hybridized carbons (Fsp3) is 0.0667. The van der Waals surface area contributed by atoms with E-state index in [9.17, 15) is 9.18 Å². The molecule has 0 radical (unpaired) electrons. The maximum absolute atomic E-state index is 13.8. The van der Waals surface area contributed by atoms with Gasteiger partial charge in [-0.1, -0.05) is 12.1 Å². The number of carboxylic acid groups (broad SMARTS) is 1. The van der Waals surface area contributed by atoms with Crippen molar-refractivity contribution in [3.05, 3.63) is 53.7 Å². The van der Waals surface area contributed by atoms with Crippen molar-refractivity contribution >= 4 is 16.9 Å². The van der Waals surface area contributed by atoms with Crippen molar-refractivity contribution in [3.8, 4) is 11.3 Å². The molecule has 0 aliphatic heterocycles.